The lowest BCUT2D eigenvalue weighted by Gasteiger charge is -2.09. The predicted octanol–water partition coefficient (Wildman–Crippen LogP) is 0.784. The molecule has 1 amide bonds. The van der Waals surface area contributed by atoms with Gasteiger partial charge in [0.1, 0.15) is 0 Å². The fourth-order valence-electron chi connectivity index (χ4n) is 1.71. The molecule has 6 heteroatoms. The second-order valence-corrected chi connectivity index (χ2v) is 4.68. The lowest BCUT2D eigenvalue weighted by molar-refractivity contribution is -0.123. The first kappa shape index (κ1) is 14.8. The smallest absolute Gasteiger partial charge is 0.258 e. The number of nitrogens with zero attached hydrogens (tertiary/aromatic N) is 2. The summed E-state index contributed by atoms with van der Waals surface area (Å²) in [5.41, 5.74) is 1.55. The van der Waals surface area contributed by atoms with E-state index in [1.165, 1.54) is 6.07 Å². The normalized spacial score (nSPS) is 10.2. The average Bonchev–Trinajstić information content (AvgIpc) is 2.48. The fraction of sp³-hybridized carbons (Fsp3) is 0.267. The number of ether oxygens (including phenoxy) is 1. The molecule has 0 aliphatic heterocycles. The number of pyridine rings is 2. The van der Waals surface area contributed by atoms with E-state index in [2.05, 4.69) is 10.3 Å². The highest BCUT2D eigenvalue weighted by Gasteiger charge is 2.07. The molecule has 2 aromatic heterocycles. The first-order valence-corrected chi connectivity index (χ1v) is 6.52. The molecule has 0 saturated carbocycles. The summed E-state index contributed by atoms with van der Waals surface area (Å²) in [6.45, 7) is 2.03. The fourth-order valence-corrected chi connectivity index (χ4v) is 1.71. The van der Waals surface area contributed by atoms with Gasteiger partial charge in [-0.1, -0.05) is 0 Å². The van der Waals surface area contributed by atoms with E-state index < -0.39 is 0 Å². The Morgan fingerprint density at radius 2 is 2.10 bits per heavy atom. The molecule has 21 heavy (non-hydrogen) atoms. The topological polar surface area (TPSA) is 73.2 Å². The van der Waals surface area contributed by atoms with Gasteiger partial charge in [-0.05, 0) is 24.6 Å². The van der Waals surface area contributed by atoms with E-state index in [1.807, 2.05) is 26.1 Å². The van der Waals surface area contributed by atoms with E-state index in [0.717, 1.165) is 11.3 Å². The van der Waals surface area contributed by atoms with Crippen LogP contribution in [0.3, 0.4) is 0 Å². The lowest BCUT2D eigenvalue weighted by Crippen LogP contribution is -2.29. The number of hydrogen-bond donors (Lipinski definition) is 1. The van der Waals surface area contributed by atoms with E-state index in [-0.39, 0.29) is 23.7 Å². The monoisotopic (exact) mass is 287 g/mol. The molecule has 110 valence electrons. The second kappa shape index (κ2) is 6.69. The van der Waals surface area contributed by atoms with Gasteiger partial charge in [-0.2, -0.15) is 0 Å². The van der Waals surface area contributed by atoms with Gasteiger partial charge in [-0.3, -0.25) is 14.6 Å². The maximum atomic E-state index is 11.7. The SMILES string of the molecule is Cc1cc(=O)c(OCC(=O)NCc2ccncc2)cn1C. The van der Waals surface area contributed by atoms with Crippen molar-refractivity contribution in [2.24, 2.45) is 7.05 Å². The van der Waals surface area contributed by atoms with Crippen molar-refractivity contribution in [1.82, 2.24) is 14.9 Å². The van der Waals surface area contributed by atoms with E-state index in [4.69, 9.17) is 4.74 Å². The van der Waals surface area contributed by atoms with Crippen LogP contribution in [0.15, 0.2) is 41.6 Å². The number of nitrogens with one attached hydrogen (secondary N) is 1. The van der Waals surface area contributed by atoms with Crippen molar-refractivity contribution in [1.29, 1.82) is 0 Å². The third kappa shape index (κ3) is 4.17. The lowest BCUT2D eigenvalue weighted by atomic mass is 10.3. The highest BCUT2D eigenvalue weighted by Crippen LogP contribution is 2.04. The summed E-state index contributed by atoms with van der Waals surface area (Å²) in [5.74, 6) is -0.114. The third-order valence-electron chi connectivity index (χ3n) is 3.05. The minimum absolute atomic E-state index is 0.169. The molecule has 0 radical (unpaired) electrons. The zero-order valence-electron chi connectivity index (χ0n) is 12.0. The molecule has 0 aromatic carbocycles. The van der Waals surface area contributed by atoms with Crippen LogP contribution in [-0.2, 0) is 18.4 Å². The summed E-state index contributed by atoms with van der Waals surface area (Å²) in [6, 6.07) is 5.11. The van der Waals surface area contributed by atoms with Crippen LogP contribution in [0, 0.1) is 6.92 Å². The Morgan fingerprint density at radius 3 is 2.81 bits per heavy atom. The van der Waals surface area contributed by atoms with Crippen molar-refractivity contribution < 1.29 is 9.53 Å². The molecule has 1 N–H and O–H groups in total. The Labute approximate surface area is 122 Å². The van der Waals surface area contributed by atoms with Gasteiger partial charge in [0, 0.05) is 43.9 Å². The Hall–Kier alpha value is -2.63. The number of carbonyl (C=O) groups excluding carboxylic acids is 1. The maximum Gasteiger partial charge on any atom is 0.258 e. The predicted molar refractivity (Wildman–Crippen MR) is 78.0 cm³/mol. The first-order chi connectivity index (χ1) is 10.1. The quantitative estimate of drug-likeness (QED) is 0.882. The van der Waals surface area contributed by atoms with Gasteiger partial charge in [0.15, 0.2) is 12.4 Å². The summed E-state index contributed by atoms with van der Waals surface area (Å²) in [6.07, 6.45) is 4.90. The van der Waals surface area contributed by atoms with Crippen molar-refractivity contribution in [2.75, 3.05) is 6.61 Å². The van der Waals surface area contributed by atoms with Crippen molar-refractivity contribution in [2.45, 2.75) is 13.5 Å². The largest absolute Gasteiger partial charge is 0.478 e. The van der Waals surface area contributed by atoms with E-state index in [9.17, 15) is 9.59 Å². The first-order valence-electron chi connectivity index (χ1n) is 6.52. The molecule has 0 saturated heterocycles. The Balaban J connectivity index is 1.87. The summed E-state index contributed by atoms with van der Waals surface area (Å²) in [7, 11) is 1.81. The molecule has 0 bridgehead atoms. The highest BCUT2D eigenvalue weighted by atomic mass is 16.5. The van der Waals surface area contributed by atoms with Gasteiger partial charge < -0.3 is 14.6 Å². The molecular weight excluding hydrogens is 270 g/mol. The molecule has 0 aliphatic rings. The van der Waals surface area contributed by atoms with E-state index in [1.54, 1.807) is 23.2 Å². The molecule has 2 aromatic rings. The number of rotatable bonds is 5. The maximum absolute atomic E-state index is 11.7. The summed E-state index contributed by atoms with van der Waals surface area (Å²) in [4.78, 5) is 27.3. The number of aromatic nitrogens is 2. The van der Waals surface area contributed by atoms with Crippen LogP contribution in [0.1, 0.15) is 11.3 Å². The third-order valence-corrected chi connectivity index (χ3v) is 3.05. The summed E-state index contributed by atoms with van der Waals surface area (Å²) >= 11 is 0. The zero-order valence-corrected chi connectivity index (χ0v) is 12.0. The van der Waals surface area contributed by atoms with Crippen LogP contribution < -0.4 is 15.5 Å². The molecular formula is C15H17N3O3. The van der Waals surface area contributed by atoms with Crippen LogP contribution in [0.25, 0.3) is 0 Å². The van der Waals surface area contributed by atoms with Gasteiger partial charge in [0.05, 0.1) is 0 Å². The second-order valence-electron chi connectivity index (χ2n) is 4.68. The molecule has 0 unspecified atom stereocenters. The number of carbonyl (C=O) groups is 1. The van der Waals surface area contributed by atoms with Crippen LogP contribution in [0.2, 0.25) is 0 Å². The van der Waals surface area contributed by atoms with Gasteiger partial charge >= 0.3 is 0 Å². The van der Waals surface area contributed by atoms with Crippen molar-refractivity contribution in [3.8, 4) is 5.75 Å². The Bertz CT molecular complexity index is 680. The van der Waals surface area contributed by atoms with Gasteiger partial charge in [0.25, 0.3) is 5.91 Å². The highest BCUT2D eigenvalue weighted by molar-refractivity contribution is 5.77. The molecule has 6 nitrogen and oxygen atoms in total. The van der Waals surface area contributed by atoms with E-state index >= 15 is 0 Å². The van der Waals surface area contributed by atoms with Crippen LogP contribution in [0.4, 0.5) is 0 Å². The molecule has 2 heterocycles. The van der Waals surface area contributed by atoms with Crippen LogP contribution >= 0.6 is 0 Å². The van der Waals surface area contributed by atoms with Crippen LogP contribution in [0.5, 0.6) is 5.75 Å². The number of aryl methyl sites for hydroxylation is 2. The number of amides is 1. The molecule has 0 atom stereocenters. The summed E-state index contributed by atoms with van der Waals surface area (Å²) < 4.78 is 7.03. The Morgan fingerprint density at radius 1 is 1.38 bits per heavy atom. The standard InChI is InChI=1S/C15H17N3O3/c1-11-7-13(19)14(9-18(11)2)21-10-15(20)17-8-12-3-5-16-6-4-12/h3-7,9H,8,10H2,1-2H3,(H,17,20). The molecule has 0 fully saturated rings. The summed E-state index contributed by atoms with van der Waals surface area (Å²) in [5, 5.41) is 2.71. The van der Waals surface area contributed by atoms with Crippen molar-refractivity contribution in [3.05, 3.63) is 58.3 Å². The average molecular weight is 287 g/mol. The van der Waals surface area contributed by atoms with Gasteiger partial charge in [0.2, 0.25) is 5.43 Å². The van der Waals surface area contributed by atoms with Crippen molar-refractivity contribution >= 4 is 5.91 Å². The number of hydrogen-bond acceptors (Lipinski definition) is 4. The van der Waals surface area contributed by atoms with E-state index in [0.29, 0.717) is 6.54 Å². The zero-order chi connectivity index (χ0) is 15.2. The molecule has 0 aliphatic carbocycles. The Kier molecular flexibility index (Phi) is 4.71. The van der Waals surface area contributed by atoms with Crippen LogP contribution in [-0.4, -0.2) is 22.1 Å². The van der Waals surface area contributed by atoms with Crippen molar-refractivity contribution in [3.63, 3.8) is 0 Å². The van der Waals surface area contributed by atoms with Gasteiger partial charge in [-0.25, -0.2) is 0 Å². The minimum atomic E-state index is -0.283. The molecule has 2 rings (SSSR count). The molecule has 0 spiro atoms. The van der Waals surface area contributed by atoms with Gasteiger partial charge in [-0.15, -0.1) is 0 Å². The minimum Gasteiger partial charge on any atom is -0.478 e.